The van der Waals surface area contributed by atoms with Gasteiger partial charge in [0.1, 0.15) is 17.2 Å². The van der Waals surface area contributed by atoms with Gasteiger partial charge in [-0.05, 0) is 31.2 Å². The van der Waals surface area contributed by atoms with Crippen LogP contribution in [0.2, 0.25) is 0 Å². The van der Waals surface area contributed by atoms with E-state index in [0.29, 0.717) is 12.1 Å². The lowest BCUT2D eigenvalue weighted by atomic mass is 10.2. The smallest absolute Gasteiger partial charge is 0.253 e. The van der Waals surface area contributed by atoms with Crippen molar-refractivity contribution in [1.29, 1.82) is 0 Å². The number of rotatable bonds is 4. The van der Waals surface area contributed by atoms with Crippen molar-refractivity contribution in [3.05, 3.63) is 47.3 Å². The Kier molecular flexibility index (Phi) is 3.85. The summed E-state index contributed by atoms with van der Waals surface area (Å²) in [7, 11) is 3.33. The molecule has 0 N–H and O–H groups in total. The molecular weight excluding hydrogens is 244 g/mol. The number of carbonyl (C=O) groups excluding carboxylic acids is 1. The molecule has 1 heterocycles. The van der Waals surface area contributed by atoms with Crippen LogP contribution in [0.5, 0.6) is 5.75 Å². The van der Waals surface area contributed by atoms with Crippen LogP contribution in [0.1, 0.15) is 21.8 Å². The van der Waals surface area contributed by atoms with Crippen LogP contribution < -0.4 is 4.74 Å². The number of nitrogens with zero attached hydrogens (tertiary/aromatic N) is 2. The molecule has 0 aliphatic carbocycles. The second kappa shape index (κ2) is 5.56. The molecule has 1 aromatic carbocycles. The Labute approximate surface area is 111 Å². The Morgan fingerprint density at radius 1 is 1.37 bits per heavy atom. The minimum atomic E-state index is -0.0664. The van der Waals surface area contributed by atoms with Crippen molar-refractivity contribution >= 4 is 5.91 Å². The van der Waals surface area contributed by atoms with E-state index in [1.54, 1.807) is 43.3 Å². The molecule has 100 valence electrons. The third-order valence-corrected chi connectivity index (χ3v) is 2.76. The molecule has 2 aromatic rings. The lowest BCUT2D eigenvalue weighted by molar-refractivity contribution is 0.0782. The highest BCUT2D eigenvalue weighted by molar-refractivity contribution is 5.94. The number of aromatic nitrogens is 1. The first kappa shape index (κ1) is 13.1. The Bertz CT molecular complexity index is 560. The number of carbonyl (C=O) groups is 1. The number of amides is 1. The summed E-state index contributed by atoms with van der Waals surface area (Å²) >= 11 is 0. The van der Waals surface area contributed by atoms with Gasteiger partial charge in [-0.2, -0.15) is 0 Å². The molecule has 5 heteroatoms. The molecule has 0 saturated heterocycles. The standard InChI is InChI=1S/C14H16N2O3/c1-10-8-12(15-19-10)9-16(2)14(17)11-4-6-13(18-3)7-5-11/h4-8H,9H2,1-3H3. The topological polar surface area (TPSA) is 55.6 Å². The van der Waals surface area contributed by atoms with Crippen LogP contribution in [0, 0.1) is 6.92 Å². The van der Waals surface area contributed by atoms with E-state index >= 15 is 0 Å². The van der Waals surface area contributed by atoms with Gasteiger partial charge in [0.15, 0.2) is 0 Å². The van der Waals surface area contributed by atoms with E-state index in [9.17, 15) is 4.79 Å². The second-order valence-electron chi connectivity index (χ2n) is 4.32. The zero-order valence-corrected chi connectivity index (χ0v) is 11.2. The van der Waals surface area contributed by atoms with Crippen LogP contribution in [0.15, 0.2) is 34.9 Å². The summed E-state index contributed by atoms with van der Waals surface area (Å²) in [6.07, 6.45) is 0. The number of benzene rings is 1. The van der Waals surface area contributed by atoms with E-state index in [4.69, 9.17) is 9.26 Å². The van der Waals surface area contributed by atoms with E-state index in [1.807, 2.05) is 13.0 Å². The number of methoxy groups -OCH3 is 1. The average molecular weight is 260 g/mol. The van der Waals surface area contributed by atoms with Crippen molar-refractivity contribution in [2.75, 3.05) is 14.2 Å². The Morgan fingerprint density at radius 2 is 2.05 bits per heavy atom. The van der Waals surface area contributed by atoms with Crippen molar-refractivity contribution in [2.24, 2.45) is 0 Å². The molecule has 1 aromatic heterocycles. The van der Waals surface area contributed by atoms with Crippen molar-refractivity contribution in [3.63, 3.8) is 0 Å². The molecular formula is C14H16N2O3. The molecule has 0 atom stereocenters. The lowest BCUT2D eigenvalue weighted by Crippen LogP contribution is -2.26. The molecule has 0 aliphatic rings. The maximum absolute atomic E-state index is 12.2. The minimum Gasteiger partial charge on any atom is -0.497 e. The van der Waals surface area contributed by atoms with Crippen molar-refractivity contribution in [1.82, 2.24) is 10.1 Å². The maximum Gasteiger partial charge on any atom is 0.253 e. The van der Waals surface area contributed by atoms with E-state index in [2.05, 4.69) is 5.16 Å². The molecule has 0 fully saturated rings. The van der Waals surface area contributed by atoms with Gasteiger partial charge >= 0.3 is 0 Å². The highest BCUT2D eigenvalue weighted by Crippen LogP contribution is 2.14. The number of ether oxygens (including phenoxy) is 1. The van der Waals surface area contributed by atoms with E-state index in [1.165, 1.54) is 0 Å². The number of aryl methyl sites for hydroxylation is 1. The molecule has 0 bridgehead atoms. The first-order valence-electron chi connectivity index (χ1n) is 5.92. The van der Waals surface area contributed by atoms with Gasteiger partial charge in [-0.1, -0.05) is 5.16 Å². The normalized spacial score (nSPS) is 10.3. The summed E-state index contributed by atoms with van der Waals surface area (Å²) in [6, 6.07) is 8.83. The van der Waals surface area contributed by atoms with E-state index in [-0.39, 0.29) is 5.91 Å². The van der Waals surface area contributed by atoms with Crippen LogP contribution in [0.3, 0.4) is 0 Å². The second-order valence-corrected chi connectivity index (χ2v) is 4.32. The van der Waals surface area contributed by atoms with Crippen LogP contribution in [-0.4, -0.2) is 30.1 Å². The van der Waals surface area contributed by atoms with Crippen molar-refractivity contribution in [3.8, 4) is 5.75 Å². The minimum absolute atomic E-state index is 0.0664. The highest BCUT2D eigenvalue weighted by atomic mass is 16.5. The fraction of sp³-hybridized carbons (Fsp3) is 0.286. The van der Waals surface area contributed by atoms with Gasteiger partial charge in [0.05, 0.1) is 13.7 Å². The summed E-state index contributed by atoms with van der Waals surface area (Å²) in [5, 5.41) is 3.87. The molecule has 0 spiro atoms. The number of hydrogen-bond acceptors (Lipinski definition) is 4. The average Bonchev–Trinajstić information content (AvgIpc) is 2.83. The lowest BCUT2D eigenvalue weighted by Gasteiger charge is -2.15. The highest BCUT2D eigenvalue weighted by Gasteiger charge is 2.13. The number of hydrogen-bond donors (Lipinski definition) is 0. The third kappa shape index (κ3) is 3.13. The fourth-order valence-electron chi connectivity index (χ4n) is 1.76. The molecule has 0 radical (unpaired) electrons. The molecule has 0 unspecified atom stereocenters. The Morgan fingerprint density at radius 3 is 2.58 bits per heavy atom. The quantitative estimate of drug-likeness (QED) is 0.846. The Hall–Kier alpha value is -2.30. The molecule has 19 heavy (non-hydrogen) atoms. The summed E-state index contributed by atoms with van der Waals surface area (Å²) < 4.78 is 10.0. The molecule has 0 aliphatic heterocycles. The summed E-state index contributed by atoms with van der Waals surface area (Å²) in [5.74, 6) is 1.40. The van der Waals surface area contributed by atoms with Gasteiger partial charge in [0.2, 0.25) is 0 Å². The van der Waals surface area contributed by atoms with Crippen LogP contribution in [0.25, 0.3) is 0 Å². The Balaban J connectivity index is 2.05. The van der Waals surface area contributed by atoms with Gasteiger partial charge in [0, 0.05) is 18.7 Å². The predicted molar refractivity (Wildman–Crippen MR) is 70.0 cm³/mol. The molecule has 2 rings (SSSR count). The van der Waals surface area contributed by atoms with Gasteiger partial charge < -0.3 is 14.2 Å². The van der Waals surface area contributed by atoms with Crippen LogP contribution >= 0.6 is 0 Å². The maximum atomic E-state index is 12.2. The summed E-state index contributed by atoms with van der Waals surface area (Å²) in [4.78, 5) is 13.8. The van der Waals surface area contributed by atoms with Crippen LogP contribution in [-0.2, 0) is 6.54 Å². The zero-order chi connectivity index (χ0) is 13.8. The molecule has 1 amide bonds. The van der Waals surface area contributed by atoms with E-state index < -0.39 is 0 Å². The fourth-order valence-corrected chi connectivity index (χ4v) is 1.76. The summed E-state index contributed by atoms with van der Waals surface area (Å²) in [6.45, 7) is 2.24. The summed E-state index contributed by atoms with van der Waals surface area (Å²) in [5.41, 5.74) is 1.35. The predicted octanol–water partition coefficient (Wildman–Crippen LogP) is 2.26. The van der Waals surface area contributed by atoms with Crippen LogP contribution in [0.4, 0.5) is 0 Å². The molecule has 0 saturated carbocycles. The monoisotopic (exact) mass is 260 g/mol. The largest absolute Gasteiger partial charge is 0.497 e. The van der Waals surface area contributed by atoms with Crippen molar-refractivity contribution in [2.45, 2.75) is 13.5 Å². The van der Waals surface area contributed by atoms with E-state index in [0.717, 1.165) is 17.2 Å². The van der Waals surface area contributed by atoms with Gasteiger partial charge in [-0.15, -0.1) is 0 Å². The van der Waals surface area contributed by atoms with Gasteiger partial charge in [-0.25, -0.2) is 0 Å². The first-order chi connectivity index (χ1) is 9.10. The van der Waals surface area contributed by atoms with Gasteiger partial charge in [-0.3, -0.25) is 4.79 Å². The zero-order valence-electron chi connectivity index (χ0n) is 11.2. The SMILES string of the molecule is COc1ccc(C(=O)N(C)Cc2cc(C)on2)cc1. The van der Waals surface area contributed by atoms with Gasteiger partial charge in [0.25, 0.3) is 5.91 Å². The van der Waals surface area contributed by atoms with Crippen molar-refractivity contribution < 1.29 is 14.1 Å². The molecule has 5 nitrogen and oxygen atoms in total. The first-order valence-corrected chi connectivity index (χ1v) is 5.92. The third-order valence-electron chi connectivity index (χ3n) is 2.76.